The summed E-state index contributed by atoms with van der Waals surface area (Å²) >= 11 is 0. The molecule has 0 radical (unpaired) electrons. The molecular weight excluding hydrogens is 326 g/mol. The van der Waals surface area contributed by atoms with E-state index >= 15 is 0 Å². The molecule has 0 unspecified atom stereocenters. The van der Waals surface area contributed by atoms with Crippen LogP contribution in [0.15, 0.2) is 30.6 Å². The molecular formula is C20H25N5O. The van der Waals surface area contributed by atoms with Gasteiger partial charge in [-0.3, -0.25) is 4.79 Å². The van der Waals surface area contributed by atoms with E-state index in [0.29, 0.717) is 18.6 Å². The van der Waals surface area contributed by atoms with Crippen LogP contribution in [0.25, 0.3) is 5.78 Å². The Labute approximate surface area is 153 Å². The first kappa shape index (κ1) is 18.0. The second-order valence-electron chi connectivity index (χ2n) is 6.67. The fourth-order valence-electron chi connectivity index (χ4n) is 3.24. The van der Waals surface area contributed by atoms with Gasteiger partial charge in [-0.25, -0.2) is 9.50 Å². The van der Waals surface area contributed by atoms with E-state index in [1.165, 1.54) is 11.9 Å². The van der Waals surface area contributed by atoms with Crippen LogP contribution in [0.2, 0.25) is 0 Å². The van der Waals surface area contributed by atoms with Crippen molar-refractivity contribution >= 4 is 11.7 Å². The summed E-state index contributed by atoms with van der Waals surface area (Å²) in [5.74, 6) is 0.647. The van der Waals surface area contributed by atoms with E-state index in [4.69, 9.17) is 0 Å². The molecule has 0 bridgehead atoms. The average molecular weight is 351 g/mol. The molecule has 2 heterocycles. The molecule has 0 aliphatic rings. The lowest BCUT2D eigenvalue weighted by atomic mass is 10.0. The van der Waals surface area contributed by atoms with Gasteiger partial charge < -0.3 is 5.32 Å². The van der Waals surface area contributed by atoms with Gasteiger partial charge in [0.25, 0.3) is 5.78 Å². The molecule has 6 heteroatoms. The Bertz CT molecular complexity index is 914. The maximum absolute atomic E-state index is 12.5. The molecule has 6 nitrogen and oxygen atoms in total. The van der Waals surface area contributed by atoms with Gasteiger partial charge in [-0.05, 0) is 44.7 Å². The lowest BCUT2D eigenvalue weighted by Crippen LogP contribution is -2.28. The highest BCUT2D eigenvalue weighted by Crippen LogP contribution is 2.18. The molecule has 2 aromatic heterocycles. The minimum atomic E-state index is 0.0428. The second-order valence-corrected chi connectivity index (χ2v) is 6.67. The average Bonchev–Trinajstić information content (AvgIpc) is 3.09. The van der Waals surface area contributed by atoms with Gasteiger partial charge >= 0.3 is 0 Å². The normalized spacial score (nSPS) is 12.3. The van der Waals surface area contributed by atoms with Crippen molar-refractivity contribution in [2.24, 2.45) is 0 Å². The minimum absolute atomic E-state index is 0.0428. The maximum Gasteiger partial charge on any atom is 0.252 e. The summed E-state index contributed by atoms with van der Waals surface area (Å²) in [6, 6.07) is 8.37. The quantitative estimate of drug-likeness (QED) is 0.740. The Morgan fingerprint density at radius 3 is 2.62 bits per heavy atom. The van der Waals surface area contributed by atoms with E-state index in [0.717, 1.165) is 28.9 Å². The molecule has 0 saturated carbocycles. The van der Waals surface area contributed by atoms with Crippen LogP contribution in [-0.2, 0) is 11.2 Å². The first-order valence-electron chi connectivity index (χ1n) is 9.01. The molecule has 1 N–H and O–H groups in total. The van der Waals surface area contributed by atoms with Crippen molar-refractivity contribution in [1.29, 1.82) is 0 Å². The summed E-state index contributed by atoms with van der Waals surface area (Å²) in [5.41, 5.74) is 5.31. The number of hydrogen-bond donors (Lipinski definition) is 1. The van der Waals surface area contributed by atoms with Gasteiger partial charge in [0, 0.05) is 17.8 Å². The first-order chi connectivity index (χ1) is 12.5. The van der Waals surface area contributed by atoms with Crippen LogP contribution in [-0.4, -0.2) is 25.5 Å². The number of hydrogen-bond acceptors (Lipinski definition) is 4. The number of aromatic nitrogens is 4. The molecule has 0 saturated heterocycles. The first-order valence-corrected chi connectivity index (χ1v) is 9.01. The SMILES string of the molecule is CC[C@@H](NC(=O)CCc1c(C)nc2ncnn2c1C)c1ccc(C)cc1. The fourth-order valence-corrected chi connectivity index (χ4v) is 3.24. The summed E-state index contributed by atoms with van der Waals surface area (Å²) in [5, 5.41) is 7.35. The number of amides is 1. The van der Waals surface area contributed by atoms with Crippen molar-refractivity contribution < 1.29 is 4.79 Å². The maximum atomic E-state index is 12.5. The molecule has 0 spiro atoms. The number of carbonyl (C=O) groups excluding carboxylic acids is 1. The third kappa shape index (κ3) is 3.74. The van der Waals surface area contributed by atoms with Crippen LogP contribution in [0.4, 0.5) is 0 Å². The van der Waals surface area contributed by atoms with Crippen molar-refractivity contribution in [3.63, 3.8) is 0 Å². The van der Waals surface area contributed by atoms with Gasteiger partial charge in [0.2, 0.25) is 5.91 Å². The molecule has 1 amide bonds. The van der Waals surface area contributed by atoms with Gasteiger partial charge in [-0.15, -0.1) is 0 Å². The zero-order chi connectivity index (χ0) is 18.7. The van der Waals surface area contributed by atoms with Crippen LogP contribution < -0.4 is 5.32 Å². The fraction of sp³-hybridized carbons (Fsp3) is 0.400. The van der Waals surface area contributed by atoms with Gasteiger partial charge in [0.05, 0.1) is 6.04 Å². The molecule has 1 atom stereocenters. The topological polar surface area (TPSA) is 72.2 Å². The highest BCUT2D eigenvalue weighted by molar-refractivity contribution is 5.76. The standard InChI is InChI=1S/C20H25N5O/c1-5-18(16-8-6-13(2)7-9-16)24-19(26)11-10-17-14(3)23-20-21-12-22-25(20)15(17)4/h6-9,12,18H,5,10-11H2,1-4H3,(H,24,26)/t18-/m1/s1. The monoisotopic (exact) mass is 351 g/mol. The highest BCUT2D eigenvalue weighted by Gasteiger charge is 2.15. The molecule has 26 heavy (non-hydrogen) atoms. The number of fused-ring (bicyclic) bond motifs is 1. The largest absolute Gasteiger partial charge is 0.349 e. The number of rotatable bonds is 6. The minimum Gasteiger partial charge on any atom is -0.349 e. The predicted molar refractivity (Wildman–Crippen MR) is 101 cm³/mol. The number of carbonyl (C=O) groups is 1. The summed E-state index contributed by atoms with van der Waals surface area (Å²) in [6.07, 6.45) is 3.42. The van der Waals surface area contributed by atoms with Crippen LogP contribution >= 0.6 is 0 Å². The van der Waals surface area contributed by atoms with Gasteiger partial charge in [0.1, 0.15) is 6.33 Å². The van der Waals surface area contributed by atoms with Crippen LogP contribution in [0.5, 0.6) is 0 Å². The molecule has 3 aromatic rings. The Hall–Kier alpha value is -2.76. The molecule has 0 aliphatic carbocycles. The van der Waals surface area contributed by atoms with E-state index in [-0.39, 0.29) is 11.9 Å². The van der Waals surface area contributed by atoms with E-state index in [1.807, 2.05) is 13.8 Å². The van der Waals surface area contributed by atoms with Crippen molar-refractivity contribution in [3.8, 4) is 0 Å². The molecule has 3 rings (SSSR count). The van der Waals surface area contributed by atoms with Crippen LogP contribution in [0, 0.1) is 20.8 Å². The van der Waals surface area contributed by atoms with Crippen molar-refractivity contribution in [3.05, 3.63) is 58.7 Å². The lowest BCUT2D eigenvalue weighted by Gasteiger charge is -2.18. The Morgan fingerprint density at radius 1 is 1.19 bits per heavy atom. The number of nitrogens with one attached hydrogen (secondary N) is 1. The van der Waals surface area contributed by atoms with Crippen LogP contribution in [0.3, 0.4) is 0 Å². The molecule has 0 aliphatic heterocycles. The zero-order valence-corrected chi connectivity index (χ0v) is 15.8. The molecule has 0 fully saturated rings. The van der Waals surface area contributed by atoms with Crippen molar-refractivity contribution in [2.45, 2.75) is 53.0 Å². The van der Waals surface area contributed by atoms with Gasteiger partial charge in [-0.2, -0.15) is 10.1 Å². The highest BCUT2D eigenvalue weighted by atomic mass is 16.1. The second kappa shape index (κ2) is 7.64. The number of benzene rings is 1. The summed E-state index contributed by atoms with van der Waals surface area (Å²) in [4.78, 5) is 21.1. The lowest BCUT2D eigenvalue weighted by molar-refractivity contribution is -0.121. The summed E-state index contributed by atoms with van der Waals surface area (Å²) in [7, 11) is 0. The Balaban J connectivity index is 1.67. The van der Waals surface area contributed by atoms with Crippen molar-refractivity contribution in [2.75, 3.05) is 0 Å². The zero-order valence-electron chi connectivity index (χ0n) is 15.8. The third-order valence-electron chi connectivity index (χ3n) is 4.81. The smallest absolute Gasteiger partial charge is 0.252 e. The Morgan fingerprint density at radius 2 is 1.92 bits per heavy atom. The van der Waals surface area contributed by atoms with E-state index in [1.54, 1.807) is 4.52 Å². The van der Waals surface area contributed by atoms with E-state index in [2.05, 4.69) is 58.5 Å². The molecule has 1 aromatic carbocycles. The Kier molecular flexibility index (Phi) is 5.30. The summed E-state index contributed by atoms with van der Waals surface area (Å²) in [6.45, 7) is 8.09. The van der Waals surface area contributed by atoms with Gasteiger partial charge in [0.15, 0.2) is 0 Å². The van der Waals surface area contributed by atoms with E-state index in [9.17, 15) is 4.79 Å². The van der Waals surface area contributed by atoms with E-state index < -0.39 is 0 Å². The van der Waals surface area contributed by atoms with Crippen LogP contribution in [0.1, 0.15) is 53.9 Å². The summed E-state index contributed by atoms with van der Waals surface area (Å²) < 4.78 is 1.72. The number of aryl methyl sites for hydroxylation is 3. The third-order valence-corrected chi connectivity index (χ3v) is 4.81. The predicted octanol–water partition coefficient (Wildman–Crippen LogP) is 3.25. The van der Waals surface area contributed by atoms with Crippen molar-refractivity contribution in [1.82, 2.24) is 24.9 Å². The molecule has 136 valence electrons. The van der Waals surface area contributed by atoms with Gasteiger partial charge in [-0.1, -0.05) is 36.8 Å². The number of nitrogens with zero attached hydrogens (tertiary/aromatic N) is 4.